The molecule has 1 fully saturated rings. The lowest BCUT2D eigenvalue weighted by Gasteiger charge is -2.21. The minimum absolute atomic E-state index is 0.177. The molecule has 1 aromatic rings. The molecule has 0 amide bonds. The van der Waals surface area contributed by atoms with Gasteiger partial charge in [0.05, 0.1) is 24.7 Å². The van der Waals surface area contributed by atoms with Crippen molar-refractivity contribution in [2.75, 3.05) is 13.1 Å². The zero-order valence-corrected chi connectivity index (χ0v) is 11.5. The molecule has 1 aromatic heterocycles. The summed E-state index contributed by atoms with van der Waals surface area (Å²) >= 11 is 0. The van der Waals surface area contributed by atoms with Crippen LogP contribution in [-0.4, -0.2) is 28.7 Å². The van der Waals surface area contributed by atoms with E-state index in [9.17, 15) is 4.79 Å². The maximum absolute atomic E-state index is 11.7. The van der Waals surface area contributed by atoms with Crippen molar-refractivity contribution in [1.82, 2.24) is 15.1 Å². The molecule has 1 N–H and O–H groups in total. The maximum Gasteiger partial charge on any atom is 0.152 e. The quantitative estimate of drug-likeness (QED) is 0.605. The number of carbonyl (C=O) groups is 1. The van der Waals surface area contributed by atoms with Crippen molar-refractivity contribution in [3.05, 3.63) is 30.6 Å². The summed E-state index contributed by atoms with van der Waals surface area (Å²) in [6.45, 7) is 4.67. The van der Waals surface area contributed by atoms with E-state index in [1.54, 1.807) is 6.08 Å². The Balaban J connectivity index is 1.82. The Labute approximate surface area is 114 Å². The fourth-order valence-electron chi connectivity index (χ4n) is 2.60. The second kappa shape index (κ2) is 7.24. The number of hydrogen-bond acceptors (Lipinski definition) is 3. The minimum atomic E-state index is 0.177. The molecule has 0 radical (unpaired) electrons. The third-order valence-corrected chi connectivity index (χ3v) is 3.60. The first-order chi connectivity index (χ1) is 9.29. The van der Waals surface area contributed by atoms with E-state index < -0.39 is 0 Å². The summed E-state index contributed by atoms with van der Waals surface area (Å²) in [7, 11) is 0. The van der Waals surface area contributed by atoms with Gasteiger partial charge in [-0.2, -0.15) is 5.10 Å². The number of aromatic nitrogens is 2. The average molecular weight is 261 g/mol. The second-order valence-corrected chi connectivity index (χ2v) is 5.21. The number of ketones is 1. The lowest BCUT2D eigenvalue weighted by molar-refractivity contribution is -0.117. The van der Waals surface area contributed by atoms with Crippen molar-refractivity contribution >= 4 is 5.78 Å². The first-order valence-corrected chi connectivity index (χ1v) is 7.17. The number of rotatable bonds is 7. The molecule has 0 bridgehead atoms. The lowest BCUT2D eigenvalue weighted by atomic mass is 9.96. The van der Waals surface area contributed by atoms with E-state index in [0.29, 0.717) is 25.6 Å². The molecule has 1 aliphatic rings. The van der Waals surface area contributed by atoms with Gasteiger partial charge < -0.3 is 5.32 Å². The molecule has 0 spiro atoms. The highest BCUT2D eigenvalue weighted by molar-refractivity contribution is 5.82. The monoisotopic (exact) mass is 261 g/mol. The van der Waals surface area contributed by atoms with Crippen molar-refractivity contribution < 1.29 is 4.79 Å². The predicted octanol–water partition coefficient (Wildman–Crippen LogP) is 2.28. The first kappa shape index (κ1) is 14.0. The molecule has 1 saturated carbocycles. The number of hydrogen-bond donors (Lipinski definition) is 1. The molecule has 4 nitrogen and oxygen atoms in total. The van der Waals surface area contributed by atoms with Crippen molar-refractivity contribution in [2.45, 2.75) is 44.6 Å². The van der Waals surface area contributed by atoms with Gasteiger partial charge in [0.1, 0.15) is 0 Å². The molecule has 104 valence electrons. The normalized spacial score (nSPS) is 16.4. The van der Waals surface area contributed by atoms with Crippen molar-refractivity contribution in [3.8, 4) is 0 Å². The van der Waals surface area contributed by atoms with Gasteiger partial charge in [0.2, 0.25) is 0 Å². The summed E-state index contributed by atoms with van der Waals surface area (Å²) in [5.41, 5.74) is 0.885. The lowest BCUT2D eigenvalue weighted by Crippen LogP contribution is -2.24. The molecule has 0 saturated heterocycles. The van der Waals surface area contributed by atoms with E-state index in [2.05, 4.69) is 21.7 Å². The Morgan fingerprint density at radius 2 is 2.26 bits per heavy atom. The number of nitrogens with zero attached hydrogens (tertiary/aromatic N) is 2. The molecule has 4 heteroatoms. The Bertz CT molecular complexity index is 419. The van der Waals surface area contributed by atoms with Gasteiger partial charge in [0.15, 0.2) is 5.78 Å². The summed E-state index contributed by atoms with van der Waals surface area (Å²) in [6, 6.07) is 2.51. The van der Waals surface area contributed by atoms with Crippen LogP contribution < -0.4 is 5.32 Å². The third kappa shape index (κ3) is 4.31. The zero-order valence-electron chi connectivity index (χ0n) is 11.5. The van der Waals surface area contributed by atoms with Crippen LogP contribution in [-0.2, 0) is 11.2 Å². The van der Waals surface area contributed by atoms with Crippen molar-refractivity contribution in [1.29, 1.82) is 0 Å². The average Bonchev–Trinajstić information content (AvgIpc) is 2.88. The number of Topliss-reactive ketones (excluding diaryl/α,β-unsaturated/α-hetero) is 1. The number of carbonyl (C=O) groups excluding carboxylic acids is 1. The van der Waals surface area contributed by atoms with Gasteiger partial charge in [-0.1, -0.05) is 25.3 Å². The second-order valence-electron chi connectivity index (χ2n) is 5.21. The fraction of sp³-hybridized carbons (Fsp3) is 0.600. The first-order valence-electron chi connectivity index (χ1n) is 7.17. The highest BCUT2D eigenvalue weighted by atomic mass is 16.1. The van der Waals surface area contributed by atoms with Crippen LogP contribution in [0.15, 0.2) is 24.9 Å². The Morgan fingerprint density at radius 1 is 1.47 bits per heavy atom. The molecule has 0 aliphatic heterocycles. The van der Waals surface area contributed by atoms with Crippen LogP contribution in [0.25, 0.3) is 0 Å². The van der Waals surface area contributed by atoms with Crippen molar-refractivity contribution in [2.24, 2.45) is 0 Å². The minimum Gasteiger partial charge on any atom is -0.307 e. The largest absolute Gasteiger partial charge is 0.307 e. The Hall–Kier alpha value is -1.42. The number of nitrogens with one attached hydrogen (secondary N) is 1. The molecule has 1 heterocycles. The highest BCUT2D eigenvalue weighted by Gasteiger charge is 2.16. The van der Waals surface area contributed by atoms with E-state index in [1.807, 2.05) is 12.3 Å². The van der Waals surface area contributed by atoms with E-state index in [1.165, 1.54) is 32.1 Å². The van der Waals surface area contributed by atoms with Gasteiger partial charge in [-0.15, -0.1) is 6.58 Å². The van der Waals surface area contributed by atoms with Crippen LogP contribution in [0.2, 0.25) is 0 Å². The van der Waals surface area contributed by atoms with Crippen LogP contribution in [0.1, 0.15) is 43.8 Å². The summed E-state index contributed by atoms with van der Waals surface area (Å²) in [5.74, 6) is 0.177. The summed E-state index contributed by atoms with van der Waals surface area (Å²) in [5, 5.41) is 7.57. The van der Waals surface area contributed by atoms with E-state index in [-0.39, 0.29) is 5.78 Å². The summed E-state index contributed by atoms with van der Waals surface area (Å²) in [4.78, 5) is 11.7. The molecule has 2 rings (SSSR count). The Morgan fingerprint density at radius 3 is 3.00 bits per heavy atom. The highest BCUT2D eigenvalue weighted by Crippen LogP contribution is 2.27. The van der Waals surface area contributed by atoms with E-state index in [4.69, 9.17) is 0 Å². The van der Waals surface area contributed by atoms with Crippen LogP contribution >= 0.6 is 0 Å². The molecule has 0 atom stereocenters. The topological polar surface area (TPSA) is 46.9 Å². The SMILES string of the molecule is C=CCNCC(=O)Cc1ccn(C2CCCCC2)n1. The molecule has 0 aromatic carbocycles. The standard InChI is InChI=1S/C15H23N3O/c1-2-9-16-12-15(19)11-13-8-10-18(17-13)14-6-4-3-5-7-14/h2,8,10,14,16H,1,3-7,9,11-12H2. The molecule has 19 heavy (non-hydrogen) atoms. The summed E-state index contributed by atoms with van der Waals surface area (Å²) in [6.07, 6.45) is 10.6. The Kier molecular flexibility index (Phi) is 5.33. The van der Waals surface area contributed by atoms with Crippen LogP contribution in [0.3, 0.4) is 0 Å². The van der Waals surface area contributed by atoms with Crippen LogP contribution in [0.4, 0.5) is 0 Å². The van der Waals surface area contributed by atoms with Gasteiger partial charge >= 0.3 is 0 Å². The smallest absolute Gasteiger partial charge is 0.152 e. The molecular weight excluding hydrogens is 238 g/mol. The van der Waals surface area contributed by atoms with Crippen LogP contribution in [0, 0.1) is 0 Å². The van der Waals surface area contributed by atoms with E-state index >= 15 is 0 Å². The molecule has 0 unspecified atom stereocenters. The summed E-state index contributed by atoms with van der Waals surface area (Å²) < 4.78 is 2.05. The third-order valence-electron chi connectivity index (χ3n) is 3.60. The van der Waals surface area contributed by atoms with Crippen LogP contribution in [0.5, 0.6) is 0 Å². The molecular formula is C15H23N3O. The maximum atomic E-state index is 11.7. The van der Waals surface area contributed by atoms with Crippen molar-refractivity contribution in [3.63, 3.8) is 0 Å². The fourth-order valence-corrected chi connectivity index (χ4v) is 2.60. The van der Waals surface area contributed by atoms with Gasteiger partial charge in [0.25, 0.3) is 0 Å². The zero-order chi connectivity index (χ0) is 13.5. The predicted molar refractivity (Wildman–Crippen MR) is 76.1 cm³/mol. The van der Waals surface area contributed by atoms with E-state index in [0.717, 1.165) is 5.69 Å². The van der Waals surface area contributed by atoms with Gasteiger partial charge in [-0.25, -0.2) is 0 Å². The molecule has 1 aliphatic carbocycles. The van der Waals surface area contributed by atoms with Gasteiger partial charge in [-0.05, 0) is 18.9 Å². The van der Waals surface area contributed by atoms with Gasteiger partial charge in [0, 0.05) is 12.7 Å². The van der Waals surface area contributed by atoms with Gasteiger partial charge in [-0.3, -0.25) is 9.48 Å².